The van der Waals surface area contributed by atoms with Crippen molar-refractivity contribution in [3.63, 3.8) is 0 Å². The van der Waals surface area contributed by atoms with Crippen LogP contribution in [0.5, 0.6) is 11.6 Å². The van der Waals surface area contributed by atoms with Crippen LogP contribution in [0.1, 0.15) is 0 Å². The molecule has 2 aromatic rings. The normalized spacial score (nSPS) is 11.4. The molecule has 0 atom stereocenters. The van der Waals surface area contributed by atoms with Gasteiger partial charge in [-0.1, -0.05) is 15.9 Å². The first-order valence-corrected chi connectivity index (χ1v) is 6.08. The molecule has 112 valence electrons. The Labute approximate surface area is 122 Å². The molecule has 2 rings (SSSR count). The van der Waals surface area contributed by atoms with Gasteiger partial charge in [0, 0.05) is 4.47 Å². The lowest BCUT2D eigenvalue weighted by atomic mass is 10.3. The third kappa shape index (κ3) is 3.45. The van der Waals surface area contributed by atoms with Gasteiger partial charge in [-0.25, -0.2) is 9.36 Å². The summed E-state index contributed by atoms with van der Waals surface area (Å²) in [4.78, 5) is 24.5. The SMILES string of the molecule is O=c1cc(O)n(-c2ccc(Br)cc2OC(F)(F)F)c(=O)[nH]1. The van der Waals surface area contributed by atoms with Crippen molar-refractivity contribution in [2.45, 2.75) is 6.36 Å². The van der Waals surface area contributed by atoms with Gasteiger partial charge in [0.2, 0.25) is 5.88 Å². The lowest BCUT2D eigenvalue weighted by Gasteiger charge is -2.15. The van der Waals surface area contributed by atoms with Gasteiger partial charge in [-0.15, -0.1) is 13.2 Å². The summed E-state index contributed by atoms with van der Waals surface area (Å²) in [5.41, 5.74) is -2.37. The van der Waals surface area contributed by atoms with Gasteiger partial charge < -0.3 is 9.84 Å². The Balaban J connectivity index is 2.70. The fraction of sp³-hybridized carbons (Fsp3) is 0.0909. The molecular formula is C11H6BrF3N2O4. The van der Waals surface area contributed by atoms with Crippen molar-refractivity contribution in [1.29, 1.82) is 0 Å². The second kappa shape index (κ2) is 5.28. The van der Waals surface area contributed by atoms with Gasteiger partial charge in [-0.2, -0.15) is 0 Å². The number of hydrogen-bond donors (Lipinski definition) is 2. The van der Waals surface area contributed by atoms with Crippen molar-refractivity contribution in [3.05, 3.63) is 49.6 Å². The Morgan fingerprint density at radius 1 is 1.24 bits per heavy atom. The molecule has 10 heteroatoms. The van der Waals surface area contributed by atoms with Gasteiger partial charge in [0.25, 0.3) is 5.56 Å². The number of nitrogens with one attached hydrogen (secondary N) is 1. The van der Waals surface area contributed by atoms with E-state index in [9.17, 15) is 27.9 Å². The molecule has 1 aromatic heterocycles. The third-order valence-electron chi connectivity index (χ3n) is 2.31. The molecule has 0 bridgehead atoms. The maximum absolute atomic E-state index is 12.4. The minimum atomic E-state index is -4.99. The summed E-state index contributed by atoms with van der Waals surface area (Å²) in [5.74, 6) is -1.54. The maximum Gasteiger partial charge on any atom is 0.573 e. The second-order valence-corrected chi connectivity index (χ2v) is 4.71. The number of aromatic nitrogens is 2. The number of aromatic amines is 1. The van der Waals surface area contributed by atoms with Gasteiger partial charge in [0.15, 0.2) is 5.75 Å². The Kier molecular flexibility index (Phi) is 3.81. The minimum Gasteiger partial charge on any atom is -0.494 e. The van der Waals surface area contributed by atoms with Crippen molar-refractivity contribution in [2.75, 3.05) is 0 Å². The van der Waals surface area contributed by atoms with E-state index in [1.165, 1.54) is 6.07 Å². The molecule has 0 radical (unpaired) electrons. The molecule has 21 heavy (non-hydrogen) atoms. The molecule has 1 aromatic carbocycles. The van der Waals surface area contributed by atoms with Crippen LogP contribution in [-0.4, -0.2) is 21.0 Å². The summed E-state index contributed by atoms with van der Waals surface area (Å²) in [6, 6.07) is 4.08. The van der Waals surface area contributed by atoms with Crippen LogP contribution in [0, 0.1) is 0 Å². The highest BCUT2D eigenvalue weighted by atomic mass is 79.9. The summed E-state index contributed by atoms with van der Waals surface area (Å²) < 4.78 is 41.7. The van der Waals surface area contributed by atoms with E-state index < -0.39 is 29.2 Å². The molecular weight excluding hydrogens is 361 g/mol. The highest BCUT2D eigenvalue weighted by molar-refractivity contribution is 9.10. The molecule has 2 N–H and O–H groups in total. The van der Waals surface area contributed by atoms with E-state index in [0.717, 1.165) is 12.1 Å². The first kappa shape index (κ1) is 15.2. The van der Waals surface area contributed by atoms with Crippen LogP contribution in [0.2, 0.25) is 0 Å². The molecule has 0 aliphatic carbocycles. The number of rotatable bonds is 2. The average molecular weight is 367 g/mol. The van der Waals surface area contributed by atoms with Gasteiger partial charge in [0.05, 0.1) is 11.8 Å². The van der Waals surface area contributed by atoms with Crippen molar-refractivity contribution in [1.82, 2.24) is 9.55 Å². The quantitative estimate of drug-likeness (QED) is 0.849. The fourth-order valence-electron chi connectivity index (χ4n) is 1.60. The Morgan fingerprint density at radius 3 is 2.48 bits per heavy atom. The fourth-order valence-corrected chi connectivity index (χ4v) is 1.94. The number of H-pyrrole nitrogens is 1. The Bertz CT molecular complexity index is 797. The number of hydrogen-bond acceptors (Lipinski definition) is 4. The van der Waals surface area contributed by atoms with Crippen LogP contribution in [-0.2, 0) is 0 Å². The van der Waals surface area contributed by atoms with Crippen LogP contribution < -0.4 is 16.0 Å². The van der Waals surface area contributed by atoms with Crippen LogP contribution in [0.15, 0.2) is 38.3 Å². The number of ether oxygens (including phenoxy) is 1. The molecule has 0 saturated heterocycles. The smallest absolute Gasteiger partial charge is 0.494 e. The molecule has 0 aliphatic rings. The third-order valence-corrected chi connectivity index (χ3v) is 2.80. The van der Waals surface area contributed by atoms with Crippen LogP contribution in [0.4, 0.5) is 13.2 Å². The summed E-state index contributed by atoms with van der Waals surface area (Å²) in [5, 5.41) is 9.61. The summed E-state index contributed by atoms with van der Waals surface area (Å²) in [6.07, 6.45) is -4.99. The summed E-state index contributed by atoms with van der Waals surface area (Å²) in [7, 11) is 0. The molecule has 0 aliphatic heterocycles. The van der Waals surface area contributed by atoms with Crippen molar-refractivity contribution >= 4 is 15.9 Å². The predicted molar refractivity (Wildman–Crippen MR) is 68.7 cm³/mol. The van der Waals surface area contributed by atoms with Crippen LogP contribution in [0.3, 0.4) is 0 Å². The van der Waals surface area contributed by atoms with E-state index in [-0.39, 0.29) is 10.2 Å². The first-order valence-electron chi connectivity index (χ1n) is 5.28. The molecule has 6 nitrogen and oxygen atoms in total. The zero-order valence-electron chi connectivity index (χ0n) is 9.94. The van der Waals surface area contributed by atoms with E-state index in [1.54, 1.807) is 0 Å². The Morgan fingerprint density at radius 2 is 1.90 bits per heavy atom. The van der Waals surface area contributed by atoms with Crippen LogP contribution >= 0.6 is 15.9 Å². The number of alkyl halides is 3. The average Bonchev–Trinajstić information content (AvgIpc) is 2.28. The number of benzene rings is 1. The highest BCUT2D eigenvalue weighted by Crippen LogP contribution is 2.32. The van der Waals surface area contributed by atoms with E-state index in [2.05, 4.69) is 20.7 Å². The zero-order chi connectivity index (χ0) is 15.8. The lowest BCUT2D eigenvalue weighted by molar-refractivity contribution is -0.274. The van der Waals surface area contributed by atoms with Gasteiger partial charge >= 0.3 is 12.1 Å². The zero-order valence-corrected chi connectivity index (χ0v) is 11.5. The summed E-state index contributed by atoms with van der Waals surface area (Å²) >= 11 is 2.97. The van der Waals surface area contributed by atoms with Gasteiger partial charge in [-0.3, -0.25) is 9.78 Å². The molecule has 0 spiro atoms. The standard InChI is InChI=1S/C11H6BrF3N2O4/c12-5-1-2-6(7(3-5)21-11(13,14)15)17-9(19)4-8(18)16-10(17)20/h1-4,19H,(H,16,18,20). The first-order chi connectivity index (χ1) is 9.67. The lowest BCUT2D eigenvalue weighted by Crippen LogP contribution is -2.29. The molecule has 0 unspecified atom stereocenters. The second-order valence-electron chi connectivity index (χ2n) is 3.79. The Hall–Kier alpha value is -2.23. The minimum absolute atomic E-state index is 0.266. The summed E-state index contributed by atoms with van der Waals surface area (Å²) in [6.45, 7) is 0. The molecule has 0 fully saturated rings. The van der Waals surface area contributed by atoms with Gasteiger partial charge in [-0.05, 0) is 18.2 Å². The topological polar surface area (TPSA) is 84.3 Å². The van der Waals surface area contributed by atoms with Crippen molar-refractivity contribution in [2.24, 2.45) is 0 Å². The van der Waals surface area contributed by atoms with Crippen molar-refractivity contribution in [3.8, 4) is 17.3 Å². The predicted octanol–water partition coefficient (Wildman–Crippen LogP) is 1.89. The maximum atomic E-state index is 12.4. The van der Waals surface area contributed by atoms with Crippen LogP contribution in [0.25, 0.3) is 5.69 Å². The van der Waals surface area contributed by atoms with Gasteiger partial charge in [0.1, 0.15) is 0 Å². The number of nitrogens with zero attached hydrogens (tertiary/aromatic N) is 1. The monoisotopic (exact) mass is 366 g/mol. The van der Waals surface area contributed by atoms with E-state index >= 15 is 0 Å². The number of aromatic hydroxyl groups is 1. The van der Waals surface area contributed by atoms with Crippen molar-refractivity contribution < 1.29 is 23.0 Å². The molecule has 0 saturated carbocycles. The largest absolute Gasteiger partial charge is 0.573 e. The number of halogens is 4. The van der Waals surface area contributed by atoms with E-state index in [4.69, 9.17) is 0 Å². The van der Waals surface area contributed by atoms with E-state index in [0.29, 0.717) is 10.6 Å². The highest BCUT2D eigenvalue weighted by Gasteiger charge is 2.32. The van der Waals surface area contributed by atoms with E-state index in [1.807, 2.05) is 4.98 Å². The molecule has 1 heterocycles. The molecule has 0 amide bonds.